The molecule has 1 fully saturated rings. The van der Waals surface area contributed by atoms with E-state index < -0.39 is 0 Å². The van der Waals surface area contributed by atoms with E-state index in [0.29, 0.717) is 5.92 Å². The number of aldehydes is 1. The van der Waals surface area contributed by atoms with Gasteiger partial charge < -0.3 is 10.1 Å². The summed E-state index contributed by atoms with van der Waals surface area (Å²) >= 11 is 0. The number of carbonyl (C=O) groups is 1. The quantitative estimate of drug-likeness (QED) is 0.732. The van der Waals surface area contributed by atoms with Crippen molar-refractivity contribution in [2.24, 2.45) is 5.92 Å². The molecule has 62 valence electrons. The summed E-state index contributed by atoms with van der Waals surface area (Å²) in [6, 6.07) is 0. The third-order valence-electron chi connectivity index (χ3n) is 1.58. The number of halogens is 2. The van der Waals surface area contributed by atoms with Crippen LogP contribution in [-0.2, 0) is 4.79 Å². The van der Waals surface area contributed by atoms with Crippen LogP contribution in [-0.4, -0.2) is 19.4 Å². The molecule has 0 aromatic rings. The molecule has 0 radical (unpaired) electrons. The summed E-state index contributed by atoms with van der Waals surface area (Å²) in [5, 5.41) is 3.19. The molecule has 1 rings (SSSR count). The molecule has 2 nitrogen and oxygen atoms in total. The van der Waals surface area contributed by atoms with Crippen molar-refractivity contribution in [1.82, 2.24) is 5.32 Å². The van der Waals surface area contributed by atoms with Crippen LogP contribution in [0.3, 0.4) is 0 Å². The highest BCUT2D eigenvalue weighted by atomic mass is 79.9. The van der Waals surface area contributed by atoms with Gasteiger partial charge in [-0.3, -0.25) is 0 Å². The molecule has 0 saturated carbocycles. The molecule has 10 heavy (non-hydrogen) atoms. The van der Waals surface area contributed by atoms with Crippen LogP contribution in [0.15, 0.2) is 0 Å². The molecule has 0 atom stereocenters. The maximum atomic E-state index is 10.1. The molecule has 1 aliphatic rings. The second-order valence-electron chi connectivity index (χ2n) is 2.22. The zero-order chi connectivity index (χ0) is 5.82. The molecule has 0 spiro atoms. The Labute approximate surface area is 82.3 Å². The van der Waals surface area contributed by atoms with Crippen molar-refractivity contribution >= 4 is 40.2 Å². The molecule has 0 aromatic heterocycles. The lowest BCUT2D eigenvalue weighted by Gasteiger charge is -2.16. The minimum Gasteiger partial charge on any atom is -0.317 e. The van der Waals surface area contributed by atoms with Crippen molar-refractivity contribution in [2.75, 3.05) is 13.1 Å². The fraction of sp³-hybridized carbons (Fsp3) is 0.833. The van der Waals surface area contributed by atoms with Gasteiger partial charge in [-0.15, -0.1) is 34.0 Å². The number of nitrogens with one attached hydrogen (secondary N) is 1. The first-order valence-corrected chi connectivity index (χ1v) is 3.09. The molecule has 0 aromatic carbocycles. The van der Waals surface area contributed by atoms with E-state index in [1.54, 1.807) is 0 Å². The van der Waals surface area contributed by atoms with Gasteiger partial charge in [0.15, 0.2) is 0 Å². The maximum absolute atomic E-state index is 10.1. The Kier molecular flexibility index (Phi) is 10.2. The van der Waals surface area contributed by atoms with Crippen molar-refractivity contribution in [3.05, 3.63) is 0 Å². The third kappa shape index (κ3) is 4.41. The van der Waals surface area contributed by atoms with E-state index >= 15 is 0 Å². The minimum atomic E-state index is 0. The molecule has 0 bridgehead atoms. The third-order valence-corrected chi connectivity index (χ3v) is 1.58. The van der Waals surface area contributed by atoms with E-state index in [1.165, 1.54) is 0 Å². The Morgan fingerprint density at radius 3 is 2.00 bits per heavy atom. The number of hydrogen-bond donors (Lipinski definition) is 1. The van der Waals surface area contributed by atoms with E-state index in [9.17, 15) is 4.79 Å². The van der Waals surface area contributed by atoms with Crippen LogP contribution in [0.2, 0.25) is 0 Å². The Bertz CT molecular complexity index is 83.8. The van der Waals surface area contributed by atoms with Gasteiger partial charge in [0.05, 0.1) is 0 Å². The summed E-state index contributed by atoms with van der Waals surface area (Å²) in [4.78, 5) is 10.1. The van der Waals surface area contributed by atoms with Crippen molar-refractivity contribution < 1.29 is 4.79 Å². The smallest absolute Gasteiger partial charge is 0.123 e. The first kappa shape index (κ1) is 13.2. The van der Waals surface area contributed by atoms with Gasteiger partial charge in [0.2, 0.25) is 0 Å². The average Bonchev–Trinajstić information content (AvgIpc) is 1.90. The predicted octanol–water partition coefficient (Wildman–Crippen LogP) is 1.34. The largest absolute Gasteiger partial charge is 0.317 e. The van der Waals surface area contributed by atoms with E-state index in [4.69, 9.17) is 0 Å². The Morgan fingerprint density at radius 1 is 1.20 bits per heavy atom. The maximum Gasteiger partial charge on any atom is 0.123 e. The van der Waals surface area contributed by atoms with Crippen molar-refractivity contribution in [2.45, 2.75) is 12.8 Å². The second-order valence-corrected chi connectivity index (χ2v) is 2.22. The van der Waals surface area contributed by atoms with Crippen LogP contribution < -0.4 is 5.32 Å². The normalized spacial score (nSPS) is 18.4. The van der Waals surface area contributed by atoms with Gasteiger partial charge in [0.25, 0.3) is 0 Å². The molecular formula is C6H13Br2NO. The second kappa shape index (κ2) is 7.69. The monoisotopic (exact) mass is 273 g/mol. The molecule has 1 N–H and O–H groups in total. The number of piperidine rings is 1. The van der Waals surface area contributed by atoms with Gasteiger partial charge >= 0.3 is 0 Å². The standard InChI is InChI=1S/C6H11NO.2BrH/c8-5-6-1-3-7-4-2-6;;/h5-7H,1-4H2;2*1H. The van der Waals surface area contributed by atoms with Gasteiger partial charge in [0.1, 0.15) is 6.29 Å². The first-order valence-electron chi connectivity index (χ1n) is 3.09. The highest BCUT2D eigenvalue weighted by molar-refractivity contribution is 8.93. The zero-order valence-electron chi connectivity index (χ0n) is 5.71. The number of carbonyl (C=O) groups excluding carboxylic acids is 1. The van der Waals surface area contributed by atoms with Gasteiger partial charge in [-0.1, -0.05) is 0 Å². The number of hydrogen-bond acceptors (Lipinski definition) is 2. The van der Waals surface area contributed by atoms with Crippen LogP contribution in [0.4, 0.5) is 0 Å². The van der Waals surface area contributed by atoms with Gasteiger partial charge in [0, 0.05) is 5.92 Å². The summed E-state index contributed by atoms with van der Waals surface area (Å²) < 4.78 is 0. The SMILES string of the molecule is Br.Br.O=CC1CCNCC1. The molecule has 1 heterocycles. The lowest BCUT2D eigenvalue weighted by molar-refractivity contribution is -0.111. The summed E-state index contributed by atoms with van der Waals surface area (Å²) in [6.45, 7) is 2.03. The zero-order valence-corrected chi connectivity index (χ0v) is 9.13. The first-order chi connectivity index (χ1) is 3.93. The van der Waals surface area contributed by atoms with Crippen LogP contribution in [0.1, 0.15) is 12.8 Å². The Hall–Kier alpha value is 0.590. The molecule has 0 unspecified atom stereocenters. The molecule has 0 amide bonds. The van der Waals surface area contributed by atoms with Crippen LogP contribution in [0, 0.1) is 5.92 Å². The van der Waals surface area contributed by atoms with Gasteiger partial charge in [-0.05, 0) is 25.9 Å². The average molecular weight is 275 g/mol. The topological polar surface area (TPSA) is 29.1 Å². The lowest BCUT2D eigenvalue weighted by Crippen LogP contribution is -2.28. The fourth-order valence-electron chi connectivity index (χ4n) is 0.980. The molecule has 4 heteroatoms. The van der Waals surface area contributed by atoms with Crippen molar-refractivity contribution in [3.8, 4) is 0 Å². The minimum absolute atomic E-state index is 0. The summed E-state index contributed by atoms with van der Waals surface area (Å²) in [5.41, 5.74) is 0. The van der Waals surface area contributed by atoms with Crippen LogP contribution >= 0.6 is 34.0 Å². The van der Waals surface area contributed by atoms with E-state index in [0.717, 1.165) is 32.2 Å². The number of rotatable bonds is 1. The summed E-state index contributed by atoms with van der Waals surface area (Å²) in [6.07, 6.45) is 3.13. The summed E-state index contributed by atoms with van der Waals surface area (Å²) in [5.74, 6) is 0.344. The molecule has 1 saturated heterocycles. The molecule has 1 aliphatic heterocycles. The highest BCUT2D eigenvalue weighted by Crippen LogP contribution is 2.06. The fourth-order valence-corrected chi connectivity index (χ4v) is 0.980. The van der Waals surface area contributed by atoms with Gasteiger partial charge in [-0.2, -0.15) is 0 Å². The Morgan fingerprint density at radius 2 is 1.70 bits per heavy atom. The Balaban J connectivity index is 0. The van der Waals surface area contributed by atoms with Crippen LogP contribution in [0.25, 0.3) is 0 Å². The highest BCUT2D eigenvalue weighted by Gasteiger charge is 2.09. The van der Waals surface area contributed by atoms with Crippen molar-refractivity contribution in [3.63, 3.8) is 0 Å². The van der Waals surface area contributed by atoms with E-state index in [-0.39, 0.29) is 34.0 Å². The summed E-state index contributed by atoms with van der Waals surface area (Å²) in [7, 11) is 0. The van der Waals surface area contributed by atoms with Gasteiger partial charge in [-0.25, -0.2) is 0 Å². The predicted molar refractivity (Wildman–Crippen MR) is 52.3 cm³/mol. The van der Waals surface area contributed by atoms with Crippen LogP contribution in [0.5, 0.6) is 0 Å². The molecule has 0 aliphatic carbocycles. The molecular weight excluding hydrogens is 262 g/mol. The van der Waals surface area contributed by atoms with E-state index in [1.807, 2.05) is 0 Å². The lowest BCUT2D eigenvalue weighted by atomic mass is 10.0. The van der Waals surface area contributed by atoms with Crippen molar-refractivity contribution in [1.29, 1.82) is 0 Å². The van der Waals surface area contributed by atoms with E-state index in [2.05, 4.69) is 5.32 Å².